The van der Waals surface area contributed by atoms with Gasteiger partial charge in [0, 0.05) is 13.0 Å². The summed E-state index contributed by atoms with van der Waals surface area (Å²) in [6.45, 7) is 0.671. The van der Waals surface area contributed by atoms with E-state index in [2.05, 4.69) is 40.8 Å². The number of rotatable bonds is 10. The van der Waals surface area contributed by atoms with Gasteiger partial charge in [0.25, 0.3) is 0 Å². The van der Waals surface area contributed by atoms with Gasteiger partial charge in [-0.1, -0.05) is 48.5 Å². The van der Waals surface area contributed by atoms with Gasteiger partial charge in [-0.25, -0.2) is 0 Å². The van der Waals surface area contributed by atoms with E-state index in [-0.39, 0.29) is 35.0 Å². The van der Waals surface area contributed by atoms with Crippen molar-refractivity contribution in [3.05, 3.63) is 92.6 Å². The highest BCUT2D eigenvalue weighted by molar-refractivity contribution is 14.1. The largest absolute Gasteiger partial charge is 0.504 e. The third kappa shape index (κ3) is 6.14. The van der Waals surface area contributed by atoms with Crippen LogP contribution in [-0.4, -0.2) is 67.6 Å². The molecular weight excluding hydrogens is 700 g/mol. The van der Waals surface area contributed by atoms with E-state index in [1.54, 1.807) is 19.2 Å². The Labute approximate surface area is 281 Å². The van der Waals surface area contributed by atoms with Crippen molar-refractivity contribution < 1.29 is 39.0 Å². The van der Waals surface area contributed by atoms with Crippen molar-refractivity contribution >= 4 is 64.3 Å². The first-order chi connectivity index (χ1) is 22.2. The molecule has 0 saturated carbocycles. The van der Waals surface area contributed by atoms with E-state index in [0.29, 0.717) is 47.5 Å². The molecule has 46 heavy (non-hydrogen) atoms. The number of carbonyl (C=O) groups is 2. The van der Waals surface area contributed by atoms with Gasteiger partial charge in [-0.3, -0.25) is 14.5 Å². The monoisotopic (exact) mass is 735 g/mol. The number of methoxy groups -OCH3 is 2. The zero-order valence-corrected chi connectivity index (χ0v) is 27.7. The minimum atomic E-state index is -1.71. The van der Waals surface area contributed by atoms with Crippen LogP contribution in [0.5, 0.6) is 11.5 Å². The SMILES string of the molecule is COCC1=C2[C@@H](CC/C(=C/c3cc(I)c(O)c(OC)c3)c3ccccc3)OC[C@@H]2[C@@H]2C(=O)N(c3cccc(B(O)O)c3)C(=O)[C@@H]2C1. The van der Waals surface area contributed by atoms with Crippen LogP contribution in [0, 0.1) is 21.3 Å². The lowest BCUT2D eigenvalue weighted by Gasteiger charge is -2.31. The average molecular weight is 735 g/mol. The molecule has 0 bridgehead atoms. The van der Waals surface area contributed by atoms with Crippen LogP contribution in [0.4, 0.5) is 5.69 Å². The molecule has 9 nitrogen and oxygen atoms in total. The van der Waals surface area contributed by atoms with E-state index in [1.807, 2.05) is 30.3 Å². The summed E-state index contributed by atoms with van der Waals surface area (Å²) < 4.78 is 18.1. The number of nitrogens with zero attached hydrogens (tertiary/aromatic N) is 1. The Morgan fingerprint density at radius 2 is 1.83 bits per heavy atom. The number of fused-ring (bicyclic) bond motifs is 3. The number of carbonyl (C=O) groups excluding carboxylic acids is 2. The Balaban J connectivity index is 1.29. The van der Waals surface area contributed by atoms with Gasteiger partial charge in [-0.15, -0.1) is 0 Å². The van der Waals surface area contributed by atoms with Crippen molar-refractivity contribution in [2.75, 3.05) is 32.3 Å². The molecule has 2 fully saturated rings. The molecule has 2 heterocycles. The Bertz CT molecular complexity index is 1710. The number of ether oxygens (including phenoxy) is 3. The number of aromatic hydroxyl groups is 1. The van der Waals surface area contributed by atoms with Gasteiger partial charge in [0.2, 0.25) is 11.8 Å². The molecule has 3 aromatic carbocycles. The summed E-state index contributed by atoms with van der Waals surface area (Å²) in [5, 5.41) is 29.7. The molecule has 2 aliphatic heterocycles. The highest BCUT2D eigenvalue weighted by atomic mass is 127. The molecule has 1 aliphatic carbocycles. The second-order valence-corrected chi connectivity index (χ2v) is 13.0. The lowest BCUT2D eigenvalue weighted by atomic mass is 9.69. The number of hydrogen-bond acceptors (Lipinski definition) is 8. The standard InChI is InChI=1S/C35H35BINO8/c1-44-18-23-16-26-32(35(41)38(34(26)40)25-10-6-9-24(17-25)36(42)43)27-19-46-29(31(23)27)12-11-22(21-7-4-3-5-8-21)13-20-14-28(37)33(39)30(15-20)45-2/h3-10,13-15,17,26-27,29,32,39,42-43H,11-12,16,18-19H2,1-2H3/b22-13-/t26-,27+,29-,32-/m1/s1. The fourth-order valence-electron chi connectivity index (χ4n) is 7.13. The summed E-state index contributed by atoms with van der Waals surface area (Å²) >= 11 is 2.09. The minimum Gasteiger partial charge on any atom is -0.504 e. The molecule has 6 rings (SSSR count). The fourth-order valence-corrected chi connectivity index (χ4v) is 7.76. The van der Waals surface area contributed by atoms with Crippen molar-refractivity contribution in [3.63, 3.8) is 0 Å². The Kier molecular flexibility index (Phi) is 9.67. The number of anilines is 1. The number of amides is 2. The van der Waals surface area contributed by atoms with Gasteiger partial charge in [0.1, 0.15) is 0 Å². The fraction of sp³-hybridized carbons (Fsp3) is 0.314. The molecule has 3 aromatic rings. The predicted octanol–water partition coefficient (Wildman–Crippen LogP) is 4.17. The van der Waals surface area contributed by atoms with E-state index in [9.17, 15) is 24.7 Å². The maximum atomic E-state index is 13.9. The number of hydrogen-bond donors (Lipinski definition) is 3. The zero-order chi connectivity index (χ0) is 32.5. The van der Waals surface area contributed by atoms with E-state index in [0.717, 1.165) is 27.8 Å². The first-order valence-corrected chi connectivity index (χ1v) is 16.3. The smallest absolute Gasteiger partial charge is 0.488 e. The molecule has 3 aliphatic rings. The third-order valence-electron chi connectivity index (χ3n) is 9.19. The number of allylic oxidation sites excluding steroid dienone is 1. The molecule has 0 radical (unpaired) electrons. The summed E-state index contributed by atoms with van der Waals surface area (Å²) in [6, 6.07) is 20.1. The molecular formula is C35H35BINO8. The molecule has 4 atom stereocenters. The van der Waals surface area contributed by atoms with Gasteiger partial charge < -0.3 is 29.4 Å². The maximum absolute atomic E-state index is 13.9. The first-order valence-electron chi connectivity index (χ1n) is 15.2. The van der Waals surface area contributed by atoms with Crippen LogP contribution in [0.2, 0.25) is 0 Å². The molecule has 0 spiro atoms. The lowest BCUT2D eigenvalue weighted by molar-refractivity contribution is -0.122. The van der Waals surface area contributed by atoms with Crippen molar-refractivity contribution in [3.8, 4) is 11.5 Å². The van der Waals surface area contributed by atoms with Gasteiger partial charge >= 0.3 is 7.12 Å². The Morgan fingerprint density at radius 1 is 1.04 bits per heavy atom. The van der Waals surface area contributed by atoms with Gasteiger partial charge in [-0.2, -0.15) is 0 Å². The summed E-state index contributed by atoms with van der Waals surface area (Å²) in [5.41, 5.74) is 5.65. The predicted molar refractivity (Wildman–Crippen MR) is 183 cm³/mol. The number of benzene rings is 3. The lowest BCUT2D eigenvalue weighted by Crippen LogP contribution is -2.36. The highest BCUT2D eigenvalue weighted by Crippen LogP contribution is 2.50. The van der Waals surface area contributed by atoms with Crippen molar-refractivity contribution in [2.45, 2.75) is 25.4 Å². The summed E-state index contributed by atoms with van der Waals surface area (Å²) in [4.78, 5) is 28.9. The van der Waals surface area contributed by atoms with E-state index >= 15 is 0 Å². The van der Waals surface area contributed by atoms with Crippen LogP contribution in [0.15, 0.2) is 77.9 Å². The molecule has 3 N–H and O–H groups in total. The summed E-state index contributed by atoms with van der Waals surface area (Å²) in [6.07, 6.45) is 3.59. The van der Waals surface area contributed by atoms with Crippen LogP contribution in [0.3, 0.4) is 0 Å². The number of halogens is 1. The molecule has 2 amide bonds. The van der Waals surface area contributed by atoms with Crippen molar-refractivity contribution in [2.24, 2.45) is 17.8 Å². The Morgan fingerprint density at radius 3 is 2.54 bits per heavy atom. The number of imide groups is 1. The van der Waals surface area contributed by atoms with E-state index < -0.39 is 19.0 Å². The van der Waals surface area contributed by atoms with Gasteiger partial charge in [0.05, 0.1) is 47.5 Å². The summed E-state index contributed by atoms with van der Waals surface area (Å²) in [5.74, 6) is -1.42. The van der Waals surface area contributed by atoms with Crippen molar-refractivity contribution in [1.29, 1.82) is 0 Å². The molecule has 11 heteroatoms. The van der Waals surface area contributed by atoms with Gasteiger partial charge in [-0.05, 0) is 99.4 Å². The number of phenolic OH excluding ortho intramolecular Hbond substituents is 1. The topological polar surface area (TPSA) is 126 Å². The third-order valence-corrected chi connectivity index (χ3v) is 10.0. The first kappa shape index (κ1) is 32.5. The second-order valence-electron chi connectivity index (χ2n) is 11.9. The summed E-state index contributed by atoms with van der Waals surface area (Å²) in [7, 11) is 1.45. The van der Waals surface area contributed by atoms with Crippen LogP contribution < -0.4 is 15.1 Å². The minimum absolute atomic E-state index is 0.109. The zero-order valence-electron chi connectivity index (χ0n) is 25.6. The normalized spacial score (nSPS) is 22.7. The van der Waals surface area contributed by atoms with Gasteiger partial charge in [0.15, 0.2) is 11.5 Å². The average Bonchev–Trinajstić information content (AvgIpc) is 3.59. The van der Waals surface area contributed by atoms with Crippen LogP contribution in [0.25, 0.3) is 11.6 Å². The van der Waals surface area contributed by atoms with E-state index in [4.69, 9.17) is 14.2 Å². The van der Waals surface area contributed by atoms with Crippen LogP contribution in [-0.2, 0) is 19.1 Å². The maximum Gasteiger partial charge on any atom is 0.488 e. The molecule has 0 unspecified atom stereocenters. The van der Waals surface area contributed by atoms with E-state index in [1.165, 1.54) is 24.1 Å². The second kappa shape index (κ2) is 13.7. The molecule has 238 valence electrons. The molecule has 0 aromatic heterocycles. The highest BCUT2D eigenvalue weighted by Gasteiger charge is 2.57. The quantitative estimate of drug-likeness (QED) is 0.0933. The number of phenols is 1. The Hall–Kier alpha value is -3.49. The van der Waals surface area contributed by atoms with Crippen LogP contribution >= 0.6 is 22.6 Å². The van der Waals surface area contributed by atoms with Crippen molar-refractivity contribution in [1.82, 2.24) is 0 Å². The molecule has 2 saturated heterocycles. The van der Waals surface area contributed by atoms with Crippen LogP contribution in [0.1, 0.15) is 30.4 Å².